The fourth-order valence-electron chi connectivity index (χ4n) is 2.37. The van der Waals surface area contributed by atoms with Crippen LogP contribution in [0.15, 0.2) is 33.0 Å². The van der Waals surface area contributed by atoms with E-state index >= 15 is 0 Å². The number of hydrogen-bond donors (Lipinski definition) is 1. The Hall–Kier alpha value is -3.33. The van der Waals surface area contributed by atoms with Crippen LogP contribution >= 0.6 is 0 Å². The summed E-state index contributed by atoms with van der Waals surface area (Å²) in [4.78, 5) is 12.0. The summed E-state index contributed by atoms with van der Waals surface area (Å²) in [5, 5.41) is 21.6. The maximum absolute atomic E-state index is 12.0. The molecule has 0 fully saturated rings. The quantitative estimate of drug-likeness (QED) is 0.495. The Labute approximate surface area is 132 Å². The summed E-state index contributed by atoms with van der Waals surface area (Å²) >= 11 is 0. The van der Waals surface area contributed by atoms with Crippen molar-refractivity contribution in [2.75, 3.05) is 6.54 Å². The van der Waals surface area contributed by atoms with E-state index < -0.39 is 5.63 Å². The smallest absolute Gasteiger partial charge is 0.343 e. The molecule has 0 spiro atoms. The highest BCUT2D eigenvalue weighted by atomic mass is 16.4. The van der Waals surface area contributed by atoms with Gasteiger partial charge in [-0.05, 0) is 29.8 Å². The van der Waals surface area contributed by atoms with E-state index in [0.29, 0.717) is 12.1 Å². The lowest BCUT2D eigenvalue weighted by atomic mass is 10.0. The number of hydrogen-bond acceptors (Lipinski definition) is 5. The van der Waals surface area contributed by atoms with Gasteiger partial charge in [-0.3, -0.25) is 0 Å². The largest absolute Gasteiger partial charge is 0.422 e. The number of allylic oxidation sites excluding steroid dienone is 1. The minimum atomic E-state index is -0.586. The van der Waals surface area contributed by atoms with Gasteiger partial charge in [-0.15, -0.1) is 0 Å². The van der Waals surface area contributed by atoms with Gasteiger partial charge in [-0.2, -0.15) is 10.5 Å². The molecule has 0 amide bonds. The highest BCUT2D eigenvalue weighted by Gasteiger charge is 2.10. The molecule has 3 rings (SSSR count). The van der Waals surface area contributed by atoms with Crippen LogP contribution in [0.5, 0.6) is 0 Å². The summed E-state index contributed by atoms with van der Waals surface area (Å²) in [5.74, 6) is 6.15. The molecule has 0 bridgehead atoms. The summed E-state index contributed by atoms with van der Waals surface area (Å²) in [6.07, 6.45) is 2.01. The lowest BCUT2D eigenvalue weighted by Crippen LogP contribution is -2.16. The molecule has 0 aliphatic carbocycles. The van der Waals surface area contributed by atoms with Gasteiger partial charge in [0.15, 0.2) is 0 Å². The normalized spacial score (nSPS) is 12.6. The SMILES string of the molecule is N#CC(C#N)=Cc1cc2cc3c(cc2oc1=O)C#CCCNC3. The standard InChI is InChI=1S/C18H11N3O2/c19-9-12(10-20)5-15-6-14-7-16-11-21-4-2-1-3-13(16)8-17(14)23-18(15)22/h5-8,21H,2,4,11H2. The lowest BCUT2D eigenvalue weighted by molar-refractivity contribution is 0.559. The minimum Gasteiger partial charge on any atom is -0.422 e. The third-order valence-corrected chi connectivity index (χ3v) is 3.49. The van der Waals surface area contributed by atoms with E-state index in [1.54, 1.807) is 24.3 Å². The second-order valence-corrected chi connectivity index (χ2v) is 5.05. The zero-order valence-electron chi connectivity index (χ0n) is 12.1. The molecule has 1 aromatic heterocycles. The van der Waals surface area contributed by atoms with Crippen molar-refractivity contribution in [3.05, 3.63) is 50.9 Å². The van der Waals surface area contributed by atoms with Crippen LogP contribution in [0.25, 0.3) is 17.0 Å². The second-order valence-electron chi connectivity index (χ2n) is 5.05. The zero-order chi connectivity index (χ0) is 16.2. The van der Waals surface area contributed by atoms with Crippen molar-refractivity contribution >= 4 is 17.0 Å². The van der Waals surface area contributed by atoms with Crippen LogP contribution in [0.3, 0.4) is 0 Å². The van der Waals surface area contributed by atoms with Gasteiger partial charge in [0.1, 0.15) is 23.3 Å². The number of benzene rings is 1. The van der Waals surface area contributed by atoms with Crippen LogP contribution in [0.1, 0.15) is 23.1 Å². The Kier molecular flexibility index (Phi) is 3.93. The van der Waals surface area contributed by atoms with Gasteiger partial charge in [0.25, 0.3) is 0 Å². The molecule has 0 atom stereocenters. The average molecular weight is 301 g/mol. The maximum Gasteiger partial charge on any atom is 0.343 e. The fraction of sp³-hybridized carbons (Fsp3) is 0.167. The molecule has 2 heterocycles. The summed E-state index contributed by atoms with van der Waals surface area (Å²) in [6.45, 7) is 1.52. The molecule has 1 aliphatic heterocycles. The van der Waals surface area contributed by atoms with E-state index in [1.165, 1.54) is 6.08 Å². The highest BCUT2D eigenvalue weighted by molar-refractivity contribution is 5.82. The average Bonchev–Trinajstić information content (AvgIpc) is 2.53. The van der Waals surface area contributed by atoms with Crippen molar-refractivity contribution in [3.63, 3.8) is 0 Å². The first-order valence-electron chi connectivity index (χ1n) is 7.03. The molecule has 0 unspecified atom stereocenters. The molecule has 0 saturated heterocycles. The molecular formula is C18H11N3O2. The van der Waals surface area contributed by atoms with Crippen LogP contribution < -0.4 is 10.9 Å². The summed E-state index contributed by atoms with van der Waals surface area (Å²) in [7, 11) is 0. The van der Waals surface area contributed by atoms with Gasteiger partial charge in [0.05, 0.1) is 5.56 Å². The van der Waals surface area contributed by atoms with Crippen molar-refractivity contribution in [1.82, 2.24) is 5.32 Å². The molecule has 0 radical (unpaired) electrons. The lowest BCUT2D eigenvalue weighted by Gasteiger charge is -2.10. The monoisotopic (exact) mass is 301 g/mol. The summed E-state index contributed by atoms with van der Waals surface area (Å²) in [6, 6.07) is 8.76. The molecule has 0 saturated carbocycles. The van der Waals surface area contributed by atoms with E-state index in [0.717, 1.165) is 29.5 Å². The Morgan fingerprint density at radius 3 is 2.91 bits per heavy atom. The van der Waals surface area contributed by atoms with E-state index in [1.807, 2.05) is 6.07 Å². The minimum absolute atomic E-state index is 0.143. The van der Waals surface area contributed by atoms with Crippen LogP contribution in [-0.2, 0) is 6.54 Å². The Morgan fingerprint density at radius 2 is 2.13 bits per heavy atom. The molecule has 1 aliphatic rings. The van der Waals surface area contributed by atoms with Crippen molar-refractivity contribution in [2.24, 2.45) is 0 Å². The first-order valence-corrected chi connectivity index (χ1v) is 7.03. The number of fused-ring (bicyclic) bond motifs is 2. The predicted octanol–water partition coefficient (Wildman–Crippen LogP) is 2.07. The molecule has 5 nitrogen and oxygen atoms in total. The second kappa shape index (κ2) is 6.20. The van der Waals surface area contributed by atoms with E-state index in [4.69, 9.17) is 14.9 Å². The van der Waals surface area contributed by atoms with Gasteiger partial charge < -0.3 is 9.73 Å². The van der Waals surface area contributed by atoms with Crippen LogP contribution in [-0.4, -0.2) is 6.54 Å². The fourth-order valence-corrected chi connectivity index (χ4v) is 2.37. The molecule has 1 N–H and O–H groups in total. The predicted molar refractivity (Wildman–Crippen MR) is 84.9 cm³/mol. The molecule has 1 aromatic carbocycles. The van der Waals surface area contributed by atoms with Crippen LogP contribution in [0.2, 0.25) is 0 Å². The topological polar surface area (TPSA) is 89.8 Å². The van der Waals surface area contributed by atoms with Crippen molar-refractivity contribution in [2.45, 2.75) is 13.0 Å². The van der Waals surface area contributed by atoms with Gasteiger partial charge in [-0.1, -0.05) is 11.8 Å². The van der Waals surface area contributed by atoms with E-state index in [9.17, 15) is 4.79 Å². The zero-order valence-corrected chi connectivity index (χ0v) is 12.1. The molecular weight excluding hydrogens is 290 g/mol. The number of rotatable bonds is 1. The van der Waals surface area contributed by atoms with Gasteiger partial charge in [0, 0.05) is 30.5 Å². The van der Waals surface area contributed by atoms with E-state index in [2.05, 4.69) is 17.2 Å². The van der Waals surface area contributed by atoms with Gasteiger partial charge in [-0.25, -0.2) is 4.79 Å². The van der Waals surface area contributed by atoms with Crippen molar-refractivity contribution < 1.29 is 4.42 Å². The molecule has 110 valence electrons. The Bertz CT molecular complexity index is 1000. The van der Waals surface area contributed by atoms with Crippen molar-refractivity contribution in [3.8, 4) is 24.0 Å². The Morgan fingerprint density at radius 1 is 1.30 bits per heavy atom. The third kappa shape index (κ3) is 2.99. The first kappa shape index (κ1) is 14.6. The van der Waals surface area contributed by atoms with Crippen LogP contribution in [0.4, 0.5) is 0 Å². The molecule has 23 heavy (non-hydrogen) atoms. The number of nitrogens with one attached hydrogen (secondary N) is 1. The number of nitriles is 2. The summed E-state index contributed by atoms with van der Waals surface area (Å²) < 4.78 is 5.31. The van der Waals surface area contributed by atoms with Crippen LogP contribution in [0, 0.1) is 34.5 Å². The summed E-state index contributed by atoms with van der Waals surface area (Å²) in [5.41, 5.74) is 1.75. The third-order valence-electron chi connectivity index (χ3n) is 3.49. The Balaban J connectivity index is 2.20. The van der Waals surface area contributed by atoms with Crippen molar-refractivity contribution in [1.29, 1.82) is 10.5 Å². The van der Waals surface area contributed by atoms with E-state index in [-0.39, 0.29) is 11.1 Å². The van der Waals surface area contributed by atoms with Gasteiger partial charge >= 0.3 is 5.63 Å². The van der Waals surface area contributed by atoms with Gasteiger partial charge in [0.2, 0.25) is 0 Å². The molecule has 2 aromatic rings. The molecule has 5 heteroatoms. The number of nitrogens with zero attached hydrogens (tertiary/aromatic N) is 2. The first-order chi connectivity index (χ1) is 11.2. The maximum atomic E-state index is 12.0. The highest BCUT2D eigenvalue weighted by Crippen LogP contribution is 2.21.